The number of methoxy groups -OCH3 is 1. The number of nitrogens with zero attached hydrogens (tertiary/aromatic N) is 2. The highest BCUT2D eigenvalue weighted by atomic mass is 32.1. The number of halogens is 2. The number of pyridine rings is 1. The van der Waals surface area contributed by atoms with Gasteiger partial charge in [0.25, 0.3) is 0 Å². The van der Waals surface area contributed by atoms with Gasteiger partial charge in [0.1, 0.15) is 11.6 Å². The molecule has 2 N–H and O–H groups in total. The van der Waals surface area contributed by atoms with Crippen molar-refractivity contribution in [3.63, 3.8) is 0 Å². The first-order chi connectivity index (χ1) is 21.4. The van der Waals surface area contributed by atoms with E-state index in [1.54, 1.807) is 43.6 Å². The van der Waals surface area contributed by atoms with Crippen molar-refractivity contribution in [3.05, 3.63) is 84.1 Å². The van der Waals surface area contributed by atoms with Gasteiger partial charge in [-0.15, -0.1) is 0 Å². The molecule has 230 valence electrons. The minimum Gasteiger partial charge on any atom is -0.493 e. The average molecular weight is 623 g/mol. The fourth-order valence-corrected chi connectivity index (χ4v) is 4.96. The highest BCUT2D eigenvalue weighted by Gasteiger charge is 2.15. The van der Waals surface area contributed by atoms with Crippen molar-refractivity contribution in [1.29, 1.82) is 0 Å². The fourth-order valence-electron chi connectivity index (χ4n) is 4.73. The van der Waals surface area contributed by atoms with Crippen LogP contribution in [0.3, 0.4) is 0 Å². The number of morpholine rings is 1. The van der Waals surface area contributed by atoms with Gasteiger partial charge < -0.3 is 29.6 Å². The standard InChI is InChI=1S/C32H32F2N4O5S/c1-40-29-19-24-26(20-30(29)42-13-3-10-38-11-14-41-15-12-38)35-9-8-27(24)43-28-7-6-23(18-25(28)34)36-32(44)37-31(39)17-21-4-2-5-22(33)16-21/h2,4-9,16,18-20H,3,10-15,17H2,1H3,(H2,36,37,39,44). The minimum atomic E-state index is -0.652. The Morgan fingerprint density at radius 1 is 1.02 bits per heavy atom. The smallest absolute Gasteiger partial charge is 0.230 e. The first-order valence-electron chi connectivity index (χ1n) is 14.1. The van der Waals surface area contributed by atoms with Gasteiger partial charge in [-0.1, -0.05) is 12.1 Å². The molecule has 0 aliphatic carbocycles. The summed E-state index contributed by atoms with van der Waals surface area (Å²) >= 11 is 5.18. The number of hydrogen-bond acceptors (Lipinski definition) is 8. The van der Waals surface area contributed by atoms with Crippen LogP contribution in [0.5, 0.6) is 23.0 Å². The lowest BCUT2D eigenvalue weighted by Crippen LogP contribution is -2.37. The van der Waals surface area contributed by atoms with E-state index in [-0.39, 0.29) is 17.3 Å². The van der Waals surface area contributed by atoms with Gasteiger partial charge in [-0.05, 0) is 60.6 Å². The predicted molar refractivity (Wildman–Crippen MR) is 167 cm³/mol. The van der Waals surface area contributed by atoms with Crippen LogP contribution in [0.15, 0.2) is 66.9 Å². The third kappa shape index (κ3) is 8.37. The SMILES string of the molecule is COc1cc2c(Oc3ccc(NC(=S)NC(=O)Cc4cccc(F)c4)cc3F)ccnc2cc1OCCCN1CCOCC1. The number of nitrogens with one attached hydrogen (secondary N) is 2. The van der Waals surface area contributed by atoms with Crippen molar-refractivity contribution in [2.24, 2.45) is 0 Å². The van der Waals surface area contributed by atoms with E-state index in [0.717, 1.165) is 39.3 Å². The minimum absolute atomic E-state index is 0.0217. The van der Waals surface area contributed by atoms with Crippen LogP contribution in [-0.2, 0) is 16.0 Å². The maximum absolute atomic E-state index is 15.1. The Kier molecular flexibility index (Phi) is 10.5. The summed E-state index contributed by atoms with van der Waals surface area (Å²) in [4.78, 5) is 19.0. The lowest BCUT2D eigenvalue weighted by Gasteiger charge is -2.26. The predicted octanol–water partition coefficient (Wildman–Crippen LogP) is 5.47. The van der Waals surface area contributed by atoms with E-state index in [1.807, 2.05) is 0 Å². The summed E-state index contributed by atoms with van der Waals surface area (Å²) in [6.45, 7) is 4.81. The molecular weight excluding hydrogens is 590 g/mol. The highest BCUT2D eigenvalue weighted by molar-refractivity contribution is 7.80. The Morgan fingerprint density at radius 2 is 1.86 bits per heavy atom. The molecule has 1 fully saturated rings. The maximum Gasteiger partial charge on any atom is 0.230 e. The molecule has 0 atom stereocenters. The number of amides is 1. The van der Waals surface area contributed by atoms with Gasteiger partial charge in [-0.2, -0.15) is 0 Å². The second-order valence-electron chi connectivity index (χ2n) is 10.0. The molecule has 1 aliphatic heterocycles. The van der Waals surface area contributed by atoms with Gasteiger partial charge in [0, 0.05) is 49.0 Å². The summed E-state index contributed by atoms with van der Waals surface area (Å²) in [6.07, 6.45) is 2.37. The van der Waals surface area contributed by atoms with Crippen LogP contribution >= 0.6 is 12.2 Å². The molecular formula is C32H32F2N4O5S. The van der Waals surface area contributed by atoms with Crippen LogP contribution in [0.1, 0.15) is 12.0 Å². The Bertz CT molecular complexity index is 1630. The van der Waals surface area contributed by atoms with Crippen LogP contribution in [0.4, 0.5) is 14.5 Å². The summed E-state index contributed by atoms with van der Waals surface area (Å²) in [6, 6.07) is 15.1. The second kappa shape index (κ2) is 14.9. The topological polar surface area (TPSA) is 94.2 Å². The maximum atomic E-state index is 15.1. The number of aromatic nitrogens is 1. The Hall–Kier alpha value is -4.39. The molecule has 5 rings (SSSR count). The number of hydrogen-bond donors (Lipinski definition) is 2. The second-order valence-corrected chi connectivity index (χ2v) is 10.4. The van der Waals surface area contributed by atoms with Gasteiger partial charge in [0.05, 0.1) is 38.9 Å². The Morgan fingerprint density at radius 3 is 2.64 bits per heavy atom. The molecule has 0 saturated carbocycles. The van der Waals surface area contributed by atoms with E-state index in [4.69, 9.17) is 31.2 Å². The third-order valence-corrected chi connectivity index (χ3v) is 7.09. The third-order valence-electron chi connectivity index (χ3n) is 6.88. The van der Waals surface area contributed by atoms with E-state index >= 15 is 4.39 Å². The molecule has 0 spiro atoms. The molecule has 1 aromatic heterocycles. The van der Waals surface area contributed by atoms with Crippen molar-refractivity contribution in [2.75, 3.05) is 51.9 Å². The van der Waals surface area contributed by atoms with Crippen LogP contribution in [0.25, 0.3) is 10.9 Å². The lowest BCUT2D eigenvalue weighted by atomic mass is 10.1. The van der Waals surface area contributed by atoms with Gasteiger partial charge >= 0.3 is 0 Å². The van der Waals surface area contributed by atoms with E-state index in [2.05, 4.69) is 20.5 Å². The normalized spacial score (nSPS) is 13.3. The van der Waals surface area contributed by atoms with E-state index < -0.39 is 17.5 Å². The molecule has 1 saturated heterocycles. The van der Waals surface area contributed by atoms with Crippen molar-refractivity contribution in [3.8, 4) is 23.0 Å². The molecule has 1 aliphatic rings. The number of thiocarbonyl (C=S) groups is 1. The quantitative estimate of drug-likeness (QED) is 0.167. The molecule has 44 heavy (non-hydrogen) atoms. The first-order valence-corrected chi connectivity index (χ1v) is 14.5. The number of carbonyl (C=O) groups is 1. The molecule has 0 radical (unpaired) electrons. The van der Waals surface area contributed by atoms with Crippen molar-refractivity contribution in [2.45, 2.75) is 12.8 Å². The average Bonchev–Trinajstić information content (AvgIpc) is 3.00. The molecule has 2 heterocycles. The van der Waals surface area contributed by atoms with Crippen LogP contribution < -0.4 is 24.8 Å². The fraction of sp³-hybridized carbons (Fsp3) is 0.281. The first kappa shape index (κ1) is 31.0. The Labute approximate surface area is 259 Å². The molecule has 1 amide bonds. The molecule has 0 bridgehead atoms. The van der Waals surface area contributed by atoms with Crippen LogP contribution in [0.2, 0.25) is 0 Å². The lowest BCUT2D eigenvalue weighted by molar-refractivity contribution is -0.119. The van der Waals surface area contributed by atoms with Gasteiger partial charge in [0.15, 0.2) is 28.2 Å². The summed E-state index contributed by atoms with van der Waals surface area (Å²) < 4.78 is 51.4. The van der Waals surface area contributed by atoms with Gasteiger partial charge in [-0.25, -0.2) is 8.78 Å². The van der Waals surface area contributed by atoms with Gasteiger partial charge in [-0.3, -0.25) is 14.7 Å². The number of ether oxygens (including phenoxy) is 4. The molecule has 4 aromatic rings. The van der Waals surface area contributed by atoms with Crippen LogP contribution in [-0.4, -0.2) is 67.5 Å². The highest BCUT2D eigenvalue weighted by Crippen LogP contribution is 2.38. The van der Waals surface area contributed by atoms with Crippen molar-refractivity contribution < 1.29 is 32.5 Å². The Balaban J connectivity index is 1.20. The number of rotatable bonds is 11. The summed E-state index contributed by atoms with van der Waals surface area (Å²) in [7, 11) is 1.55. The number of fused-ring (bicyclic) bond motifs is 1. The summed E-state index contributed by atoms with van der Waals surface area (Å²) in [5, 5.41) is 5.88. The number of carbonyl (C=O) groups excluding carboxylic acids is 1. The number of anilines is 1. The van der Waals surface area contributed by atoms with Gasteiger partial charge in [0.2, 0.25) is 5.91 Å². The monoisotopic (exact) mass is 622 g/mol. The largest absolute Gasteiger partial charge is 0.493 e. The van der Waals surface area contributed by atoms with E-state index in [9.17, 15) is 9.18 Å². The molecule has 12 heteroatoms. The van der Waals surface area contributed by atoms with E-state index in [0.29, 0.717) is 46.0 Å². The van der Waals surface area contributed by atoms with E-state index in [1.165, 1.54) is 30.3 Å². The van der Waals surface area contributed by atoms with Crippen molar-refractivity contribution in [1.82, 2.24) is 15.2 Å². The summed E-state index contributed by atoms with van der Waals surface area (Å²) in [5.74, 6) is -0.0893. The van der Waals surface area contributed by atoms with Crippen LogP contribution in [0, 0.1) is 11.6 Å². The zero-order chi connectivity index (χ0) is 30.9. The molecule has 0 unspecified atom stereocenters. The molecule has 3 aromatic carbocycles. The summed E-state index contributed by atoms with van der Waals surface area (Å²) in [5.41, 5.74) is 1.41. The van der Waals surface area contributed by atoms with Crippen molar-refractivity contribution >= 4 is 39.8 Å². The zero-order valence-electron chi connectivity index (χ0n) is 24.1. The zero-order valence-corrected chi connectivity index (χ0v) is 24.9. The number of benzene rings is 3. The molecule has 9 nitrogen and oxygen atoms in total.